The molecule has 0 bridgehead atoms. The Kier molecular flexibility index (Phi) is 8.14. The van der Waals surface area contributed by atoms with Crippen LogP contribution >= 0.6 is 23.4 Å². The number of hydrazone groups is 1. The summed E-state index contributed by atoms with van der Waals surface area (Å²) in [4.78, 5) is 26.0. The maximum Gasteiger partial charge on any atom is 0.416 e. The highest BCUT2D eigenvalue weighted by Gasteiger charge is 2.51. The topological polar surface area (TPSA) is 71.0 Å². The number of methoxy groups -OCH3 is 1. The zero-order valence-corrected chi connectivity index (χ0v) is 20.1. The van der Waals surface area contributed by atoms with Crippen LogP contribution in [0.5, 0.6) is 0 Å². The molecule has 1 unspecified atom stereocenters. The first-order valence-corrected chi connectivity index (χ1v) is 12.1. The number of ether oxygens (including phenoxy) is 1. The number of hydrogen-bond acceptors (Lipinski definition) is 5. The Bertz CT molecular complexity index is 1060. The number of benzene rings is 2. The van der Waals surface area contributed by atoms with Crippen molar-refractivity contribution in [3.63, 3.8) is 0 Å². The lowest BCUT2D eigenvalue weighted by Crippen LogP contribution is -2.44. The number of hydrogen-bond donors (Lipinski definition) is 1. The van der Waals surface area contributed by atoms with Crippen LogP contribution < -0.4 is 5.32 Å². The van der Waals surface area contributed by atoms with Crippen molar-refractivity contribution in [3.05, 3.63) is 64.7 Å². The maximum atomic E-state index is 13.0. The summed E-state index contributed by atoms with van der Waals surface area (Å²) in [5.74, 6) is 0.275. The molecule has 0 saturated carbocycles. The van der Waals surface area contributed by atoms with E-state index < -0.39 is 29.2 Å². The molecule has 11 heteroatoms. The van der Waals surface area contributed by atoms with E-state index in [4.69, 9.17) is 16.3 Å². The van der Waals surface area contributed by atoms with E-state index in [0.29, 0.717) is 29.1 Å². The number of nitrogens with zero attached hydrogens (tertiary/aromatic N) is 2. The second kappa shape index (κ2) is 10.7. The molecule has 0 aliphatic carbocycles. The van der Waals surface area contributed by atoms with E-state index in [1.165, 1.54) is 7.11 Å². The smallest absolute Gasteiger partial charge is 0.416 e. The van der Waals surface area contributed by atoms with Crippen molar-refractivity contribution in [1.29, 1.82) is 0 Å². The van der Waals surface area contributed by atoms with Crippen LogP contribution in [0.15, 0.2) is 53.6 Å². The van der Waals surface area contributed by atoms with Crippen LogP contribution in [0.2, 0.25) is 5.02 Å². The standard InChI is InChI=1S/C23H23ClF3N3O3S/c1-33-20(31)22(12-3-13-34-2)14-30(29-19(22)15-4-8-17(24)9-5-15)21(32)28-18-10-6-16(7-11-18)23(25,26)27/h4-11H,3,12-14H2,1-2H3,(H,28,32). The van der Waals surface area contributed by atoms with E-state index in [-0.39, 0.29) is 12.2 Å². The predicted octanol–water partition coefficient (Wildman–Crippen LogP) is 5.91. The Balaban J connectivity index is 1.92. The molecule has 1 atom stereocenters. The monoisotopic (exact) mass is 513 g/mol. The lowest BCUT2D eigenvalue weighted by atomic mass is 9.76. The third kappa shape index (κ3) is 5.67. The number of nitrogens with one attached hydrogen (secondary N) is 1. The van der Waals surface area contributed by atoms with Crippen molar-refractivity contribution in [2.45, 2.75) is 19.0 Å². The number of amides is 2. The molecule has 1 aliphatic heterocycles. The lowest BCUT2D eigenvalue weighted by molar-refractivity contribution is -0.148. The quantitative estimate of drug-likeness (QED) is 0.369. The largest absolute Gasteiger partial charge is 0.468 e. The summed E-state index contributed by atoms with van der Waals surface area (Å²) in [5, 5.41) is 8.60. The Hall–Kier alpha value is -2.72. The van der Waals surface area contributed by atoms with Crippen LogP contribution in [0.4, 0.5) is 23.7 Å². The van der Waals surface area contributed by atoms with Crippen LogP contribution in [-0.2, 0) is 15.7 Å². The van der Waals surface area contributed by atoms with Crippen molar-refractivity contribution in [1.82, 2.24) is 5.01 Å². The summed E-state index contributed by atoms with van der Waals surface area (Å²) >= 11 is 7.64. The van der Waals surface area contributed by atoms with Gasteiger partial charge in [0.15, 0.2) is 0 Å². The normalized spacial score (nSPS) is 17.9. The molecule has 0 fully saturated rings. The number of thioether (sulfide) groups is 1. The molecule has 182 valence electrons. The Morgan fingerprint density at radius 1 is 1.18 bits per heavy atom. The number of carbonyl (C=O) groups is 2. The van der Waals surface area contributed by atoms with Gasteiger partial charge in [-0.3, -0.25) is 4.79 Å². The number of urea groups is 1. The molecule has 2 aromatic carbocycles. The van der Waals surface area contributed by atoms with Gasteiger partial charge in [-0.15, -0.1) is 0 Å². The molecule has 6 nitrogen and oxygen atoms in total. The van der Waals surface area contributed by atoms with Gasteiger partial charge in [0.05, 0.1) is 24.9 Å². The zero-order chi connectivity index (χ0) is 24.9. The number of carbonyl (C=O) groups excluding carboxylic acids is 2. The van der Waals surface area contributed by atoms with E-state index in [2.05, 4.69) is 10.4 Å². The van der Waals surface area contributed by atoms with Gasteiger partial charge in [-0.05, 0) is 66.8 Å². The van der Waals surface area contributed by atoms with Gasteiger partial charge in [0, 0.05) is 10.7 Å². The number of rotatable bonds is 7. The van der Waals surface area contributed by atoms with E-state index in [1.807, 2.05) is 6.26 Å². The first-order chi connectivity index (χ1) is 16.1. The molecule has 1 heterocycles. The summed E-state index contributed by atoms with van der Waals surface area (Å²) in [5.41, 5.74) is -0.869. The number of esters is 1. The van der Waals surface area contributed by atoms with E-state index >= 15 is 0 Å². The highest BCUT2D eigenvalue weighted by atomic mass is 35.5. The average molecular weight is 514 g/mol. The van der Waals surface area contributed by atoms with Crippen LogP contribution in [0.3, 0.4) is 0 Å². The average Bonchev–Trinajstić information content (AvgIpc) is 3.20. The minimum absolute atomic E-state index is 0.0710. The molecule has 0 aromatic heterocycles. The fourth-order valence-corrected chi connectivity index (χ4v) is 4.31. The van der Waals surface area contributed by atoms with Gasteiger partial charge in [-0.2, -0.15) is 30.0 Å². The SMILES string of the molecule is COC(=O)C1(CCCSC)CN(C(=O)Nc2ccc(C(F)(F)F)cc2)N=C1c1ccc(Cl)cc1. The van der Waals surface area contributed by atoms with Crippen LogP contribution in [-0.4, -0.2) is 48.4 Å². The van der Waals surface area contributed by atoms with Crippen LogP contribution in [0, 0.1) is 5.41 Å². The van der Waals surface area contributed by atoms with Crippen molar-refractivity contribution in [2.24, 2.45) is 10.5 Å². The Morgan fingerprint density at radius 3 is 2.38 bits per heavy atom. The first kappa shape index (κ1) is 25.9. The van der Waals surface area contributed by atoms with Crippen molar-refractivity contribution < 1.29 is 27.5 Å². The third-order valence-electron chi connectivity index (χ3n) is 5.44. The molecular formula is C23H23ClF3N3O3S. The minimum Gasteiger partial charge on any atom is -0.468 e. The van der Waals surface area contributed by atoms with Gasteiger partial charge in [-0.1, -0.05) is 23.7 Å². The molecule has 1 aliphatic rings. The lowest BCUT2D eigenvalue weighted by Gasteiger charge is -2.28. The highest BCUT2D eigenvalue weighted by Crippen LogP contribution is 2.38. The summed E-state index contributed by atoms with van der Waals surface area (Å²) in [6.07, 6.45) is -1.45. The Labute approximate surface area is 204 Å². The van der Waals surface area contributed by atoms with Gasteiger partial charge < -0.3 is 10.1 Å². The number of alkyl halides is 3. The molecular weight excluding hydrogens is 491 g/mol. The summed E-state index contributed by atoms with van der Waals surface area (Å²) in [6.45, 7) is -0.0710. The molecule has 0 spiro atoms. The molecule has 34 heavy (non-hydrogen) atoms. The minimum atomic E-state index is -4.48. The summed E-state index contributed by atoms with van der Waals surface area (Å²) in [7, 11) is 1.28. The van der Waals surface area contributed by atoms with Gasteiger partial charge in [-0.25, -0.2) is 9.80 Å². The van der Waals surface area contributed by atoms with Crippen molar-refractivity contribution in [3.8, 4) is 0 Å². The first-order valence-electron chi connectivity index (χ1n) is 10.3. The summed E-state index contributed by atoms with van der Waals surface area (Å²) < 4.78 is 43.6. The second-order valence-electron chi connectivity index (χ2n) is 7.69. The van der Waals surface area contributed by atoms with Crippen molar-refractivity contribution >= 4 is 46.8 Å². The molecule has 2 amide bonds. The fraction of sp³-hybridized carbons (Fsp3) is 0.348. The summed E-state index contributed by atoms with van der Waals surface area (Å²) in [6, 6.07) is 10.1. The van der Waals surface area contributed by atoms with Crippen LogP contribution in [0.25, 0.3) is 0 Å². The van der Waals surface area contributed by atoms with Crippen LogP contribution in [0.1, 0.15) is 24.0 Å². The molecule has 1 N–H and O–H groups in total. The fourth-order valence-electron chi connectivity index (χ4n) is 3.75. The van der Waals surface area contributed by atoms with E-state index in [9.17, 15) is 22.8 Å². The van der Waals surface area contributed by atoms with E-state index in [1.54, 1.807) is 36.0 Å². The highest BCUT2D eigenvalue weighted by molar-refractivity contribution is 7.98. The zero-order valence-electron chi connectivity index (χ0n) is 18.5. The van der Waals surface area contributed by atoms with E-state index in [0.717, 1.165) is 35.0 Å². The number of halogens is 4. The molecule has 3 rings (SSSR count). The van der Waals surface area contributed by atoms with Crippen molar-refractivity contribution in [2.75, 3.05) is 31.0 Å². The number of anilines is 1. The third-order valence-corrected chi connectivity index (χ3v) is 6.39. The van der Waals surface area contributed by atoms with Gasteiger partial charge in [0.1, 0.15) is 5.41 Å². The van der Waals surface area contributed by atoms with Gasteiger partial charge >= 0.3 is 18.2 Å². The van der Waals surface area contributed by atoms with Gasteiger partial charge in [0.25, 0.3) is 0 Å². The molecule has 0 saturated heterocycles. The Morgan fingerprint density at radius 2 is 1.82 bits per heavy atom. The molecule has 0 radical (unpaired) electrons. The maximum absolute atomic E-state index is 13.0. The predicted molar refractivity (Wildman–Crippen MR) is 127 cm³/mol. The van der Waals surface area contributed by atoms with Gasteiger partial charge in [0.2, 0.25) is 0 Å². The second-order valence-corrected chi connectivity index (χ2v) is 9.11. The molecule has 2 aromatic rings.